The second-order valence-corrected chi connectivity index (χ2v) is 6.79. The number of hydrogen-bond acceptors (Lipinski definition) is 6. The first-order valence-electron chi connectivity index (χ1n) is 13.2. The quantitative estimate of drug-likeness (QED) is 0.473. The molecular weight excluding hydrogens is 376 g/mol. The highest BCUT2D eigenvalue weighted by Crippen LogP contribution is 2.23. The summed E-state index contributed by atoms with van der Waals surface area (Å²) in [6.45, 7) is -6.18. The number of hydrogen-bond donors (Lipinski definition) is 0. The van der Waals surface area contributed by atoms with Crippen LogP contribution in [0.5, 0.6) is 0 Å². The lowest BCUT2D eigenvalue weighted by molar-refractivity contribution is 0.0992. The minimum atomic E-state index is -3.21. The highest BCUT2D eigenvalue weighted by molar-refractivity contribution is 5.98. The van der Waals surface area contributed by atoms with Gasteiger partial charge in [0, 0.05) is 65.6 Å². The van der Waals surface area contributed by atoms with Gasteiger partial charge in [0.05, 0.1) is 36.4 Å². The van der Waals surface area contributed by atoms with Gasteiger partial charge in [0.1, 0.15) is 5.82 Å². The predicted octanol–water partition coefficient (Wildman–Crippen LogP) is 3.45. The molecule has 5 heterocycles. The molecule has 4 aromatic rings. The summed E-state index contributed by atoms with van der Waals surface area (Å²) in [7, 11) is 1.87. The Balaban J connectivity index is 1.45. The summed E-state index contributed by atoms with van der Waals surface area (Å²) in [4.78, 5) is 30.3. The van der Waals surface area contributed by atoms with Crippen LogP contribution in [-0.2, 0) is 13.5 Å². The Morgan fingerprint density at radius 2 is 1.97 bits per heavy atom. The molecule has 0 unspecified atom stereocenters. The van der Waals surface area contributed by atoms with Crippen molar-refractivity contribution >= 4 is 22.5 Å². The molecule has 5 rings (SSSR count). The van der Waals surface area contributed by atoms with Crippen LogP contribution in [0.15, 0.2) is 55.4 Å². The zero-order valence-electron chi connectivity index (χ0n) is 24.0. The zero-order valence-corrected chi connectivity index (χ0v) is 16.0. The van der Waals surface area contributed by atoms with Crippen molar-refractivity contribution in [2.75, 3.05) is 17.9 Å². The van der Waals surface area contributed by atoms with Crippen LogP contribution in [0.1, 0.15) is 39.8 Å². The van der Waals surface area contributed by atoms with E-state index in [1.807, 2.05) is 17.7 Å². The molecule has 0 saturated carbocycles. The maximum absolute atomic E-state index is 13.1. The molecule has 0 atom stereocenters. The van der Waals surface area contributed by atoms with Crippen LogP contribution in [0.2, 0.25) is 0 Å². The minimum absolute atomic E-state index is 0.0679. The van der Waals surface area contributed by atoms with Crippen molar-refractivity contribution < 1.29 is 15.8 Å². The number of aromatic nitrogens is 5. The van der Waals surface area contributed by atoms with Gasteiger partial charge in [0.2, 0.25) is 0 Å². The summed E-state index contributed by atoms with van der Waals surface area (Å²) in [6, 6.07) is 6.17. The largest absolute Gasteiger partial charge is 0.357 e. The zero-order chi connectivity index (χ0) is 27.7. The third-order valence-corrected chi connectivity index (χ3v) is 4.77. The van der Waals surface area contributed by atoms with Gasteiger partial charge >= 0.3 is 0 Å². The van der Waals surface area contributed by atoms with Crippen LogP contribution in [0.4, 0.5) is 5.82 Å². The molecule has 1 fully saturated rings. The molecule has 0 spiro atoms. The van der Waals surface area contributed by atoms with Crippen LogP contribution >= 0.6 is 0 Å². The molecule has 0 amide bonds. The van der Waals surface area contributed by atoms with Crippen LogP contribution in [0.25, 0.3) is 22.2 Å². The summed E-state index contributed by atoms with van der Waals surface area (Å²) in [5.41, 5.74) is 2.87. The maximum Gasteiger partial charge on any atom is 0.169 e. The van der Waals surface area contributed by atoms with E-state index in [1.54, 1.807) is 31.0 Å². The third kappa shape index (κ3) is 3.54. The third-order valence-electron chi connectivity index (χ3n) is 4.77. The Labute approximate surface area is 185 Å². The van der Waals surface area contributed by atoms with Gasteiger partial charge in [-0.3, -0.25) is 14.8 Å². The van der Waals surface area contributed by atoms with Gasteiger partial charge in [-0.15, -0.1) is 0 Å². The van der Waals surface area contributed by atoms with E-state index in [-0.39, 0.29) is 12.0 Å². The Bertz CT molecular complexity index is 1540. The molecule has 0 N–H and O–H groups in total. The van der Waals surface area contributed by atoms with Gasteiger partial charge in [-0.25, -0.2) is 9.97 Å². The molecule has 0 radical (unpaired) electrons. The molecule has 7 nitrogen and oxygen atoms in total. The number of Topliss-reactive ketones (excluding diaryl/α,β-unsaturated/α-hetero) is 1. The van der Waals surface area contributed by atoms with Gasteiger partial charge in [-0.1, -0.05) is 0 Å². The first-order chi connectivity index (χ1) is 17.7. The fourth-order valence-corrected chi connectivity index (χ4v) is 3.24. The lowest BCUT2D eigenvalue weighted by Gasteiger charge is -2.16. The molecule has 0 aliphatic carbocycles. The van der Waals surface area contributed by atoms with Crippen LogP contribution in [0, 0.1) is 0 Å². The molecule has 150 valence electrons. The summed E-state index contributed by atoms with van der Waals surface area (Å²) >= 11 is 0. The Kier molecular flexibility index (Phi) is 2.95. The van der Waals surface area contributed by atoms with Crippen molar-refractivity contribution in [2.45, 2.75) is 19.2 Å². The maximum atomic E-state index is 13.1. The SMILES string of the molecule is [2H]C1([2H])N(c2cc(C(=O)Cc3cc4cc(-c5cncn5C)cnc4cn3)ccn2)C([2H])([2H])C([2H])([2H])C1([2H])[2H]. The average Bonchev–Trinajstić information content (AvgIpc) is 3.31. The number of ketones is 1. The number of imidazole rings is 1. The van der Waals surface area contributed by atoms with Crippen LogP contribution in [0.3, 0.4) is 0 Å². The number of aryl methyl sites for hydroxylation is 1. The average molecular weight is 407 g/mol. The van der Waals surface area contributed by atoms with Crippen molar-refractivity contribution in [3.05, 3.63) is 66.6 Å². The van der Waals surface area contributed by atoms with Crippen LogP contribution in [-0.4, -0.2) is 43.3 Å². The normalized spacial score (nSPS) is 24.5. The van der Waals surface area contributed by atoms with Gasteiger partial charge in [0.15, 0.2) is 5.78 Å². The second-order valence-electron chi connectivity index (χ2n) is 6.79. The molecule has 7 heteroatoms. The molecular formula is C23H22N6O. The number of carbonyl (C=O) groups excluding carboxylic acids is 1. The van der Waals surface area contributed by atoms with Gasteiger partial charge in [-0.2, -0.15) is 0 Å². The number of carbonyl (C=O) groups is 1. The monoisotopic (exact) mass is 406 g/mol. The lowest BCUT2D eigenvalue weighted by Crippen LogP contribution is -2.19. The summed E-state index contributed by atoms with van der Waals surface area (Å²) in [5, 5.41) is 0.764. The molecule has 0 aromatic carbocycles. The first kappa shape index (κ1) is 11.5. The Hall–Kier alpha value is -3.61. The van der Waals surface area contributed by atoms with Gasteiger partial charge in [-0.05, 0) is 37.0 Å². The molecule has 4 aromatic heterocycles. The van der Waals surface area contributed by atoms with Crippen molar-refractivity contribution in [3.8, 4) is 11.3 Å². The summed E-state index contributed by atoms with van der Waals surface area (Å²) < 4.78 is 66.6. The lowest BCUT2D eigenvalue weighted by atomic mass is 10.1. The smallest absolute Gasteiger partial charge is 0.169 e. The van der Waals surface area contributed by atoms with Crippen molar-refractivity contribution in [3.63, 3.8) is 0 Å². The number of fused-ring (bicyclic) bond motifs is 1. The first-order valence-corrected chi connectivity index (χ1v) is 9.19. The summed E-state index contributed by atoms with van der Waals surface area (Å²) in [6.07, 6.45) is 1.31. The number of pyridine rings is 3. The fraction of sp³-hybridized carbons (Fsp3) is 0.261. The Morgan fingerprint density at radius 3 is 2.77 bits per heavy atom. The van der Waals surface area contributed by atoms with Crippen molar-refractivity contribution in [1.82, 2.24) is 24.5 Å². The Morgan fingerprint density at radius 1 is 1.10 bits per heavy atom. The predicted molar refractivity (Wildman–Crippen MR) is 115 cm³/mol. The molecule has 30 heavy (non-hydrogen) atoms. The van der Waals surface area contributed by atoms with Gasteiger partial charge in [0.25, 0.3) is 0 Å². The van der Waals surface area contributed by atoms with Crippen molar-refractivity contribution in [1.29, 1.82) is 0 Å². The van der Waals surface area contributed by atoms with E-state index < -0.39 is 37.3 Å². The van der Waals surface area contributed by atoms with E-state index in [0.29, 0.717) is 16.1 Å². The molecule has 1 saturated heterocycles. The van der Waals surface area contributed by atoms with E-state index in [1.165, 1.54) is 12.3 Å². The fourth-order valence-electron chi connectivity index (χ4n) is 3.24. The molecule has 1 aliphatic heterocycles. The van der Waals surface area contributed by atoms with Gasteiger partial charge < -0.3 is 9.47 Å². The van der Waals surface area contributed by atoms with E-state index in [0.717, 1.165) is 22.7 Å². The number of nitrogens with zero attached hydrogens (tertiary/aromatic N) is 6. The summed E-state index contributed by atoms with van der Waals surface area (Å²) in [5.74, 6) is -0.810. The topological polar surface area (TPSA) is 76.8 Å². The van der Waals surface area contributed by atoms with E-state index >= 15 is 0 Å². The standard InChI is InChI=1S/C23H22N6O/c1-28-15-24-14-21(28)18-8-17-9-19(26-13-20(17)27-12-18)11-22(30)16-4-5-25-23(10-16)29-6-2-3-7-29/h4-5,8-10,12-15H,2-3,6-7,11H2,1H3/i2D2,3D2,6D2,7D2. The number of rotatable bonds is 5. The minimum Gasteiger partial charge on any atom is -0.357 e. The second kappa shape index (κ2) is 7.67. The highest BCUT2D eigenvalue weighted by Gasteiger charge is 2.16. The molecule has 0 bridgehead atoms. The highest BCUT2D eigenvalue weighted by atomic mass is 16.1. The van der Waals surface area contributed by atoms with E-state index in [9.17, 15) is 4.79 Å². The van der Waals surface area contributed by atoms with E-state index in [4.69, 9.17) is 11.0 Å². The van der Waals surface area contributed by atoms with E-state index in [2.05, 4.69) is 19.9 Å². The number of anilines is 1. The van der Waals surface area contributed by atoms with Crippen molar-refractivity contribution in [2.24, 2.45) is 7.05 Å². The van der Waals surface area contributed by atoms with Crippen LogP contribution < -0.4 is 4.90 Å². The molecule has 1 aliphatic rings.